The van der Waals surface area contributed by atoms with Crippen LogP contribution in [0.1, 0.15) is 106 Å². The van der Waals surface area contributed by atoms with Gasteiger partial charge in [0.05, 0.1) is 22.9 Å². The molecular formula is C30H47NO8. The van der Waals surface area contributed by atoms with Gasteiger partial charge in [0.25, 0.3) is 0 Å². The summed E-state index contributed by atoms with van der Waals surface area (Å²) in [6, 6.07) is 3.21. The van der Waals surface area contributed by atoms with Gasteiger partial charge in [-0.15, -0.1) is 0 Å². The Morgan fingerprint density at radius 2 is 1.41 bits per heavy atom. The number of esters is 3. The lowest BCUT2D eigenvalue weighted by Gasteiger charge is -2.27. The molecule has 0 saturated carbocycles. The quantitative estimate of drug-likeness (QED) is 0.210. The molecule has 3 N–H and O–H groups in total. The maximum Gasteiger partial charge on any atom is 0.321 e. The zero-order valence-corrected chi connectivity index (χ0v) is 25.0. The Hall–Kier alpha value is -2.94. The van der Waals surface area contributed by atoms with E-state index in [1.54, 1.807) is 47.6 Å². The molecule has 0 spiro atoms. The number of carboxylic acids is 1. The van der Waals surface area contributed by atoms with E-state index in [0.29, 0.717) is 24.8 Å². The van der Waals surface area contributed by atoms with E-state index in [0.717, 1.165) is 6.42 Å². The predicted octanol–water partition coefficient (Wildman–Crippen LogP) is 5.62. The molecule has 220 valence electrons. The minimum atomic E-state index is -1.33. The van der Waals surface area contributed by atoms with Gasteiger partial charge in [-0.3, -0.25) is 19.2 Å². The molecule has 0 fully saturated rings. The number of carboxylic acid groups (broad SMARTS) is 1. The van der Waals surface area contributed by atoms with Crippen LogP contribution >= 0.6 is 0 Å². The van der Waals surface area contributed by atoms with Crippen LogP contribution in [-0.2, 0) is 23.9 Å². The van der Waals surface area contributed by atoms with Gasteiger partial charge < -0.3 is 25.1 Å². The largest absolute Gasteiger partial charge is 0.480 e. The van der Waals surface area contributed by atoms with Crippen LogP contribution in [0.2, 0.25) is 0 Å². The monoisotopic (exact) mass is 549 g/mol. The van der Waals surface area contributed by atoms with Gasteiger partial charge in [0.2, 0.25) is 0 Å². The summed E-state index contributed by atoms with van der Waals surface area (Å²) in [7, 11) is 0. The Morgan fingerprint density at radius 1 is 0.897 bits per heavy atom. The Balaban J connectivity index is 3.48. The second-order valence-corrected chi connectivity index (χ2v) is 11.6. The van der Waals surface area contributed by atoms with Crippen molar-refractivity contribution in [1.82, 2.24) is 0 Å². The number of carbonyl (C=O) groups is 4. The van der Waals surface area contributed by atoms with E-state index < -0.39 is 46.8 Å². The maximum absolute atomic E-state index is 13.0. The fourth-order valence-electron chi connectivity index (χ4n) is 3.62. The van der Waals surface area contributed by atoms with Crippen LogP contribution in [0, 0.1) is 16.7 Å². The average molecular weight is 550 g/mol. The van der Waals surface area contributed by atoms with Crippen molar-refractivity contribution in [2.75, 3.05) is 0 Å². The first-order valence-corrected chi connectivity index (χ1v) is 13.8. The topological polar surface area (TPSA) is 142 Å². The molecular weight excluding hydrogens is 502 g/mol. The Kier molecular flexibility index (Phi) is 12.6. The van der Waals surface area contributed by atoms with Crippen molar-refractivity contribution in [2.45, 2.75) is 112 Å². The van der Waals surface area contributed by atoms with Crippen LogP contribution in [-0.4, -0.2) is 41.1 Å². The molecule has 0 heterocycles. The van der Waals surface area contributed by atoms with Gasteiger partial charge in [-0.05, 0) is 78.0 Å². The summed E-state index contributed by atoms with van der Waals surface area (Å²) in [6.45, 7) is 16.2. The van der Waals surface area contributed by atoms with Crippen molar-refractivity contribution in [3.05, 3.63) is 23.8 Å². The van der Waals surface area contributed by atoms with Gasteiger partial charge in [0.15, 0.2) is 11.5 Å². The molecule has 0 aromatic heterocycles. The van der Waals surface area contributed by atoms with Gasteiger partial charge >= 0.3 is 23.9 Å². The van der Waals surface area contributed by atoms with Crippen LogP contribution in [0.4, 0.5) is 0 Å². The highest BCUT2D eigenvalue weighted by molar-refractivity contribution is 5.82. The third-order valence-corrected chi connectivity index (χ3v) is 7.42. The van der Waals surface area contributed by atoms with Gasteiger partial charge in [0, 0.05) is 5.92 Å². The van der Waals surface area contributed by atoms with E-state index in [1.807, 2.05) is 20.8 Å². The van der Waals surface area contributed by atoms with Crippen molar-refractivity contribution in [2.24, 2.45) is 22.5 Å². The number of hydrogen-bond acceptors (Lipinski definition) is 8. The first-order chi connectivity index (χ1) is 18.0. The molecule has 0 aliphatic rings. The molecule has 3 unspecified atom stereocenters. The molecule has 9 heteroatoms. The molecule has 0 radical (unpaired) electrons. The molecule has 0 amide bonds. The molecule has 1 aromatic carbocycles. The summed E-state index contributed by atoms with van der Waals surface area (Å²) in [5, 5.41) is 9.72. The van der Waals surface area contributed by atoms with Crippen LogP contribution in [0.3, 0.4) is 0 Å². The molecule has 0 bridgehead atoms. The number of hydrogen-bond donors (Lipinski definition) is 2. The van der Waals surface area contributed by atoms with Gasteiger partial charge in [-0.25, -0.2) is 0 Å². The zero-order valence-electron chi connectivity index (χ0n) is 25.0. The third-order valence-electron chi connectivity index (χ3n) is 7.42. The van der Waals surface area contributed by atoms with Crippen LogP contribution < -0.4 is 15.2 Å². The second kappa shape index (κ2) is 14.4. The Bertz CT molecular complexity index is 1020. The van der Waals surface area contributed by atoms with Crippen molar-refractivity contribution in [3.8, 4) is 11.5 Å². The molecule has 1 aromatic rings. The average Bonchev–Trinajstić information content (AvgIpc) is 2.87. The van der Waals surface area contributed by atoms with Gasteiger partial charge in [-0.1, -0.05) is 40.2 Å². The molecule has 0 saturated heterocycles. The minimum absolute atomic E-state index is 0.0110. The Labute approximate surface area is 232 Å². The fraction of sp³-hybridized carbons (Fsp3) is 0.667. The number of carbonyl (C=O) groups excluding carboxylic acids is 3. The summed E-state index contributed by atoms with van der Waals surface area (Å²) in [6.07, 6.45) is 2.05. The summed E-state index contributed by atoms with van der Waals surface area (Å²) in [5.74, 6) is -3.65. The molecule has 1 rings (SSSR count). The number of benzene rings is 1. The Morgan fingerprint density at radius 3 is 1.87 bits per heavy atom. The standard InChI is InChI=1S/C30H47NO8/c1-10-13-18(4)26(34)37-19(5)16-21(24(31)25(32)33)20-14-15-22(38-27(35)29(6,7)11-2)23(17-20)39-28(36)30(8,9)12-3/h14-15,17-19,21,24H,10-13,16,31H2,1-9H3,(H,32,33)/t18?,19?,21?,24-/m0/s1. The zero-order chi connectivity index (χ0) is 30.1. The number of aliphatic carboxylic acids is 1. The fourth-order valence-corrected chi connectivity index (χ4v) is 3.62. The van der Waals surface area contributed by atoms with E-state index in [9.17, 15) is 24.3 Å². The third kappa shape index (κ3) is 9.64. The minimum Gasteiger partial charge on any atom is -0.480 e. The maximum atomic E-state index is 13.0. The second-order valence-electron chi connectivity index (χ2n) is 11.6. The lowest BCUT2D eigenvalue weighted by Crippen LogP contribution is -2.38. The molecule has 0 aliphatic heterocycles. The highest BCUT2D eigenvalue weighted by Crippen LogP contribution is 2.37. The van der Waals surface area contributed by atoms with Crippen molar-refractivity contribution >= 4 is 23.9 Å². The molecule has 0 aliphatic carbocycles. The van der Waals surface area contributed by atoms with Crippen molar-refractivity contribution in [1.29, 1.82) is 0 Å². The van der Waals surface area contributed by atoms with E-state index >= 15 is 0 Å². The van der Waals surface area contributed by atoms with Crippen molar-refractivity contribution < 1.29 is 38.5 Å². The van der Waals surface area contributed by atoms with E-state index in [2.05, 4.69) is 0 Å². The summed E-state index contributed by atoms with van der Waals surface area (Å²) in [5.41, 5.74) is 4.94. The lowest BCUT2D eigenvalue weighted by molar-refractivity contribution is -0.153. The highest BCUT2D eigenvalue weighted by atomic mass is 16.6. The first kappa shape index (κ1) is 34.1. The van der Waals surface area contributed by atoms with Gasteiger partial charge in [0.1, 0.15) is 6.04 Å². The summed E-state index contributed by atoms with van der Waals surface area (Å²) in [4.78, 5) is 50.1. The van der Waals surface area contributed by atoms with Crippen LogP contribution in [0.5, 0.6) is 11.5 Å². The number of nitrogens with two attached hydrogens (primary N) is 1. The SMILES string of the molecule is CCCC(C)C(=O)OC(C)CC(c1ccc(OC(=O)C(C)(C)CC)c(OC(=O)C(C)(C)CC)c1)[C@H](N)C(=O)O. The van der Waals surface area contributed by atoms with E-state index in [4.69, 9.17) is 19.9 Å². The lowest BCUT2D eigenvalue weighted by atomic mass is 9.86. The van der Waals surface area contributed by atoms with E-state index in [1.165, 1.54) is 12.1 Å². The molecule has 39 heavy (non-hydrogen) atoms. The summed E-state index contributed by atoms with van der Waals surface area (Å²) < 4.78 is 16.9. The predicted molar refractivity (Wildman–Crippen MR) is 148 cm³/mol. The summed E-state index contributed by atoms with van der Waals surface area (Å²) >= 11 is 0. The van der Waals surface area contributed by atoms with Crippen LogP contribution in [0.15, 0.2) is 18.2 Å². The molecule has 4 atom stereocenters. The smallest absolute Gasteiger partial charge is 0.321 e. The number of ether oxygens (including phenoxy) is 3. The normalized spacial score (nSPS) is 15.0. The van der Waals surface area contributed by atoms with Gasteiger partial charge in [-0.2, -0.15) is 0 Å². The number of rotatable bonds is 15. The first-order valence-electron chi connectivity index (χ1n) is 13.8. The molecule has 9 nitrogen and oxygen atoms in total. The van der Waals surface area contributed by atoms with Crippen molar-refractivity contribution in [3.63, 3.8) is 0 Å². The highest BCUT2D eigenvalue weighted by Gasteiger charge is 2.34. The van der Waals surface area contributed by atoms with E-state index in [-0.39, 0.29) is 29.8 Å². The van der Waals surface area contributed by atoms with Crippen LogP contribution in [0.25, 0.3) is 0 Å².